The van der Waals surface area contributed by atoms with Crippen molar-refractivity contribution in [2.24, 2.45) is 5.92 Å². The fourth-order valence-corrected chi connectivity index (χ4v) is 2.00. The van der Waals surface area contributed by atoms with Crippen LogP contribution in [0.5, 0.6) is 0 Å². The number of hydrogen-bond donors (Lipinski definition) is 2. The number of ether oxygens (including phenoxy) is 1. The number of halogens is 1. The van der Waals surface area contributed by atoms with E-state index in [9.17, 15) is 24.5 Å². The van der Waals surface area contributed by atoms with Crippen molar-refractivity contribution in [2.45, 2.75) is 26.7 Å². The molecule has 2 amide bonds. The summed E-state index contributed by atoms with van der Waals surface area (Å²) in [6.45, 7) is 3.06. The highest BCUT2D eigenvalue weighted by Crippen LogP contribution is 2.26. The molecule has 0 unspecified atom stereocenters. The molecule has 1 rings (SSSR count). The van der Waals surface area contributed by atoms with E-state index in [2.05, 4.69) is 10.6 Å². The van der Waals surface area contributed by atoms with E-state index in [1.807, 2.05) is 13.8 Å². The van der Waals surface area contributed by atoms with Crippen molar-refractivity contribution in [3.05, 3.63) is 33.3 Å². The lowest BCUT2D eigenvalue weighted by Crippen LogP contribution is -2.32. The Bertz CT molecular complexity index is 693. The van der Waals surface area contributed by atoms with Crippen LogP contribution in [-0.4, -0.2) is 35.9 Å². The second kappa shape index (κ2) is 10.3. The highest BCUT2D eigenvalue weighted by Gasteiger charge is 2.13. The highest BCUT2D eigenvalue weighted by molar-refractivity contribution is 6.34. The van der Waals surface area contributed by atoms with Crippen molar-refractivity contribution in [3.63, 3.8) is 0 Å². The minimum atomic E-state index is -0.757. The fourth-order valence-electron chi connectivity index (χ4n) is 1.78. The van der Waals surface area contributed by atoms with Gasteiger partial charge >= 0.3 is 5.97 Å². The summed E-state index contributed by atoms with van der Waals surface area (Å²) < 4.78 is 4.74. The standard InChI is InChI=1S/C16H20ClN3O6/c1-10(2)3-6-14(21)18-8-16(23)26-9-15(22)19-13-5-4-11(20(24)25)7-12(13)17/h4-5,7,10H,3,6,8-9H2,1-2H3,(H,18,21)(H,19,22). The Hall–Kier alpha value is -2.68. The van der Waals surface area contributed by atoms with Gasteiger partial charge in [-0.25, -0.2) is 0 Å². The zero-order valence-electron chi connectivity index (χ0n) is 14.4. The molecule has 0 aromatic heterocycles. The van der Waals surface area contributed by atoms with Gasteiger partial charge in [0.05, 0.1) is 15.6 Å². The molecule has 0 fully saturated rings. The van der Waals surface area contributed by atoms with Crippen LogP contribution in [0.1, 0.15) is 26.7 Å². The third-order valence-electron chi connectivity index (χ3n) is 3.18. The number of carbonyl (C=O) groups excluding carboxylic acids is 3. The number of nitro benzene ring substituents is 1. The van der Waals surface area contributed by atoms with Crippen molar-refractivity contribution in [1.82, 2.24) is 5.32 Å². The van der Waals surface area contributed by atoms with E-state index in [1.165, 1.54) is 12.1 Å². The molecule has 0 bridgehead atoms. The molecule has 0 atom stereocenters. The molecule has 0 heterocycles. The van der Waals surface area contributed by atoms with E-state index in [0.29, 0.717) is 18.8 Å². The Balaban J connectivity index is 2.36. The van der Waals surface area contributed by atoms with E-state index in [1.54, 1.807) is 0 Å². The van der Waals surface area contributed by atoms with Gasteiger partial charge in [-0.05, 0) is 18.4 Å². The minimum absolute atomic E-state index is 0.0173. The minimum Gasteiger partial charge on any atom is -0.454 e. The lowest BCUT2D eigenvalue weighted by Gasteiger charge is -2.09. The summed E-state index contributed by atoms with van der Waals surface area (Å²) in [5.74, 6) is -1.31. The average Bonchev–Trinajstić information content (AvgIpc) is 2.57. The number of amides is 2. The first kappa shape index (κ1) is 21.4. The normalized spacial score (nSPS) is 10.3. The van der Waals surface area contributed by atoms with Crippen LogP contribution in [0, 0.1) is 16.0 Å². The molecule has 26 heavy (non-hydrogen) atoms. The van der Waals surface area contributed by atoms with Crippen molar-refractivity contribution in [2.75, 3.05) is 18.5 Å². The molecule has 0 spiro atoms. The maximum absolute atomic E-state index is 11.7. The lowest BCUT2D eigenvalue weighted by atomic mass is 10.1. The van der Waals surface area contributed by atoms with E-state index >= 15 is 0 Å². The molecule has 0 saturated carbocycles. The van der Waals surface area contributed by atoms with Gasteiger partial charge in [0.1, 0.15) is 6.54 Å². The van der Waals surface area contributed by atoms with Gasteiger partial charge in [-0.1, -0.05) is 25.4 Å². The van der Waals surface area contributed by atoms with Gasteiger partial charge in [0.25, 0.3) is 11.6 Å². The van der Waals surface area contributed by atoms with Gasteiger partial charge in [-0.3, -0.25) is 24.5 Å². The van der Waals surface area contributed by atoms with Crippen LogP contribution >= 0.6 is 11.6 Å². The van der Waals surface area contributed by atoms with Crippen LogP contribution < -0.4 is 10.6 Å². The molecule has 0 aliphatic carbocycles. The van der Waals surface area contributed by atoms with E-state index in [4.69, 9.17) is 16.3 Å². The number of nitrogens with zero attached hydrogens (tertiary/aromatic N) is 1. The molecule has 2 N–H and O–H groups in total. The quantitative estimate of drug-likeness (QED) is 0.381. The monoisotopic (exact) mass is 385 g/mol. The first-order chi connectivity index (χ1) is 12.2. The van der Waals surface area contributed by atoms with Crippen LogP contribution in [0.25, 0.3) is 0 Å². The van der Waals surface area contributed by atoms with Gasteiger partial charge in [-0.15, -0.1) is 0 Å². The van der Waals surface area contributed by atoms with E-state index in [-0.39, 0.29) is 28.8 Å². The van der Waals surface area contributed by atoms with Gasteiger partial charge < -0.3 is 15.4 Å². The Kier molecular flexibility index (Phi) is 8.50. The Morgan fingerprint density at radius 3 is 2.54 bits per heavy atom. The molecule has 0 aliphatic rings. The third kappa shape index (κ3) is 7.93. The number of hydrogen-bond acceptors (Lipinski definition) is 6. The summed E-state index contributed by atoms with van der Waals surface area (Å²) in [6, 6.07) is 3.55. The predicted molar refractivity (Wildman–Crippen MR) is 94.8 cm³/mol. The van der Waals surface area contributed by atoms with Gasteiger partial charge in [0, 0.05) is 18.6 Å². The summed E-state index contributed by atoms with van der Waals surface area (Å²) in [7, 11) is 0. The van der Waals surface area contributed by atoms with Crippen molar-refractivity contribution < 1.29 is 24.0 Å². The van der Waals surface area contributed by atoms with Gasteiger partial charge in [-0.2, -0.15) is 0 Å². The molecule has 9 nitrogen and oxygen atoms in total. The first-order valence-corrected chi connectivity index (χ1v) is 8.23. The Labute approximate surface area is 155 Å². The third-order valence-corrected chi connectivity index (χ3v) is 3.49. The zero-order valence-corrected chi connectivity index (χ0v) is 15.2. The smallest absolute Gasteiger partial charge is 0.325 e. The SMILES string of the molecule is CC(C)CCC(=O)NCC(=O)OCC(=O)Nc1ccc([N+](=O)[O-])cc1Cl. The number of rotatable bonds is 9. The molecular weight excluding hydrogens is 366 g/mol. The van der Waals surface area contributed by atoms with Crippen LogP contribution in [0.2, 0.25) is 5.02 Å². The molecule has 1 aromatic carbocycles. The van der Waals surface area contributed by atoms with E-state index < -0.39 is 23.4 Å². The molecular formula is C16H20ClN3O6. The fraction of sp³-hybridized carbons (Fsp3) is 0.438. The molecule has 10 heteroatoms. The topological polar surface area (TPSA) is 128 Å². The highest BCUT2D eigenvalue weighted by atomic mass is 35.5. The van der Waals surface area contributed by atoms with Crippen LogP contribution in [0.4, 0.5) is 11.4 Å². The largest absolute Gasteiger partial charge is 0.454 e. The number of non-ortho nitro benzene ring substituents is 1. The lowest BCUT2D eigenvalue weighted by molar-refractivity contribution is -0.384. The zero-order chi connectivity index (χ0) is 19.7. The summed E-state index contributed by atoms with van der Waals surface area (Å²) >= 11 is 5.84. The molecule has 1 aromatic rings. The molecule has 0 aliphatic heterocycles. The molecule has 0 saturated heterocycles. The second-order valence-corrected chi connectivity index (χ2v) is 6.25. The Morgan fingerprint density at radius 2 is 1.96 bits per heavy atom. The first-order valence-electron chi connectivity index (χ1n) is 7.85. The summed E-state index contributed by atoms with van der Waals surface area (Å²) in [5.41, 5.74) is -0.0621. The summed E-state index contributed by atoms with van der Waals surface area (Å²) in [6.07, 6.45) is 1.02. The number of nitrogens with one attached hydrogen (secondary N) is 2. The number of benzene rings is 1. The predicted octanol–water partition coefficient (Wildman–Crippen LogP) is 2.28. The van der Waals surface area contributed by atoms with Crippen molar-refractivity contribution >= 4 is 40.8 Å². The number of carbonyl (C=O) groups is 3. The number of esters is 1. The number of nitro groups is 1. The summed E-state index contributed by atoms with van der Waals surface area (Å²) in [4.78, 5) is 44.7. The molecule has 0 radical (unpaired) electrons. The van der Waals surface area contributed by atoms with E-state index in [0.717, 1.165) is 6.07 Å². The maximum atomic E-state index is 11.7. The Morgan fingerprint density at radius 1 is 1.27 bits per heavy atom. The van der Waals surface area contributed by atoms with Crippen molar-refractivity contribution in [3.8, 4) is 0 Å². The maximum Gasteiger partial charge on any atom is 0.325 e. The van der Waals surface area contributed by atoms with Gasteiger partial charge in [0.2, 0.25) is 5.91 Å². The van der Waals surface area contributed by atoms with Crippen molar-refractivity contribution in [1.29, 1.82) is 0 Å². The second-order valence-electron chi connectivity index (χ2n) is 5.84. The number of anilines is 1. The summed E-state index contributed by atoms with van der Waals surface area (Å²) in [5, 5.41) is 15.4. The van der Waals surface area contributed by atoms with Crippen LogP contribution in [0.15, 0.2) is 18.2 Å². The van der Waals surface area contributed by atoms with Crippen LogP contribution in [0.3, 0.4) is 0 Å². The average molecular weight is 386 g/mol. The van der Waals surface area contributed by atoms with Gasteiger partial charge in [0.15, 0.2) is 6.61 Å². The van der Waals surface area contributed by atoms with Crippen LogP contribution in [-0.2, 0) is 19.1 Å². The molecule has 142 valence electrons.